The van der Waals surface area contributed by atoms with Crippen LogP contribution in [0.15, 0.2) is 16.6 Å². The van der Waals surface area contributed by atoms with Crippen LogP contribution in [-0.4, -0.2) is 11.1 Å². The minimum Gasteiger partial charge on any atom is -0.478 e. The maximum Gasteiger partial charge on any atom is 0.337 e. The lowest BCUT2D eigenvalue weighted by atomic mass is 10.2. The van der Waals surface area contributed by atoms with E-state index in [0.29, 0.717) is 10.2 Å². The molecular formula is C7H5BrClNO2. The topological polar surface area (TPSA) is 63.3 Å². The van der Waals surface area contributed by atoms with E-state index in [1.165, 1.54) is 12.1 Å². The van der Waals surface area contributed by atoms with Gasteiger partial charge in [0.1, 0.15) is 0 Å². The highest BCUT2D eigenvalue weighted by molar-refractivity contribution is 9.10. The number of halogens is 2. The van der Waals surface area contributed by atoms with E-state index < -0.39 is 5.97 Å². The van der Waals surface area contributed by atoms with Crippen LogP contribution in [0.3, 0.4) is 0 Å². The largest absolute Gasteiger partial charge is 0.478 e. The highest BCUT2D eigenvalue weighted by Gasteiger charge is 2.10. The molecule has 0 aliphatic heterocycles. The second-order valence-corrected chi connectivity index (χ2v) is 3.42. The Morgan fingerprint density at radius 1 is 1.58 bits per heavy atom. The van der Waals surface area contributed by atoms with Gasteiger partial charge in [-0.2, -0.15) is 0 Å². The average Bonchev–Trinajstić information content (AvgIpc) is 1.96. The molecule has 0 bridgehead atoms. The maximum atomic E-state index is 10.5. The first-order valence-electron chi connectivity index (χ1n) is 3.00. The van der Waals surface area contributed by atoms with Gasteiger partial charge in [-0.1, -0.05) is 11.6 Å². The highest BCUT2D eigenvalue weighted by Crippen LogP contribution is 2.27. The Labute approximate surface area is 82.3 Å². The third kappa shape index (κ3) is 1.70. The summed E-state index contributed by atoms with van der Waals surface area (Å²) < 4.78 is 0.532. The first-order valence-corrected chi connectivity index (χ1v) is 4.17. The molecule has 0 aliphatic carbocycles. The maximum absolute atomic E-state index is 10.5. The van der Waals surface area contributed by atoms with Gasteiger partial charge in [0.25, 0.3) is 0 Å². The van der Waals surface area contributed by atoms with Crippen LogP contribution in [0, 0.1) is 0 Å². The van der Waals surface area contributed by atoms with Crippen molar-refractivity contribution >= 4 is 39.2 Å². The van der Waals surface area contributed by atoms with Gasteiger partial charge in [-0.05, 0) is 28.1 Å². The number of nitrogens with two attached hydrogens (primary N) is 1. The zero-order valence-corrected chi connectivity index (χ0v) is 8.19. The van der Waals surface area contributed by atoms with Gasteiger partial charge in [0.2, 0.25) is 0 Å². The SMILES string of the molecule is Nc1cc(Cl)c(C(=O)O)cc1Br. The van der Waals surface area contributed by atoms with Gasteiger partial charge >= 0.3 is 5.97 Å². The highest BCUT2D eigenvalue weighted by atomic mass is 79.9. The molecule has 12 heavy (non-hydrogen) atoms. The van der Waals surface area contributed by atoms with Gasteiger partial charge in [0.05, 0.1) is 10.6 Å². The summed E-state index contributed by atoms with van der Waals surface area (Å²) in [7, 11) is 0. The third-order valence-corrected chi connectivity index (χ3v) is 2.32. The number of nitrogen functional groups attached to an aromatic ring is 1. The monoisotopic (exact) mass is 249 g/mol. The summed E-state index contributed by atoms with van der Waals surface area (Å²) in [6.45, 7) is 0. The molecular weight excluding hydrogens is 245 g/mol. The van der Waals surface area contributed by atoms with E-state index in [4.69, 9.17) is 22.4 Å². The normalized spacial score (nSPS) is 9.83. The molecule has 0 fully saturated rings. The zero-order chi connectivity index (χ0) is 9.30. The van der Waals surface area contributed by atoms with Crippen molar-refractivity contribution in [2.75, 3.05) is 5.73 Å². The molecule has 0 atom stereocenters. The van der Waals surface area contributed by atoms with Gasteiger partial charge in [-0.3, -0.25) is 0 Å². The van der Waals surface area contributed by atoms with Crippen molar-refractivity contribution < 1.29 is 9.90 Å². The first-order chi connectivity index (χ1) is 5.52. The van der Waals surface area contributed by atoms with E-state index in [1.54, 1.807) is 0 Å². The molecule has 1 aromatic rings. The number of carboxylic acid groups (broad SMARTS) is 1. The minimum absolute atomic E-state index is 0.0396. The Morgan fingerprint density at radius 3 is 2.67 bits per heavy atom. The summed E-state index contributed by atoms with van der Waals surface area (Å²) in [6.07, 6.45) is 0. The average molecular weight is 250 g/mol. The lowest BCUT2D eigenvalue weighted by molar-refractivity contribution is 0.0697. The molecule has 0 saturated carbocycles. The van der Waals surface area contributed by atoms with Crippen molar-refractivity contribution in [1.82, 2.24) is 0 Å². The number of hydrogen-bond donors (Lipinski definition) is 2. The van der Waals surface area contributed by atoms with Gasteiger partial charge in [0.15, 0.2) is 0 Å². The van der Waals surface area contributed by atoms with Gasteiger partial charge in [-0.25, -0.2) is 4.79 Å². The molecule has 0 heterocycles. The lowest BCUT2D eigenvalue weighted by Crippen LogP contribution is -1.99. The van der Waals surface area contributed by atoms with E-state index in [2.05, 4.69) is 15.9 Å². The quantitative estimate of drug-likeness (QED) is 0.752. The summed E-state index contributed by atoms with van der Waals surface area (Å²) in [6, 6.07) is 2.77. The van der Waals surface area contributed by atoms with Crippen molar-refractivity contribution in [3.05, 3.63) is 27.2 Å². The number of carbonyl (C=O) groups is 1. The first kappa shape index (κ1) is 9.35. The Kier molecular flexibility index (Phi) is 2.59. The number of rotatable bonds is 1. The Bertz CT molecular complexity index is 340. The predicted octanol–water partition coefficient (Wildman–Crippen LogP) is 2.38. The fourth-order valence-corrected chi connectivity index (χ4v) is 1.32. The molecule has 0 radical (unpaired) electrons. The second-order valence-electron chi connectivity index (χ2n) is 2.16. The molecule has 3 nitrogen and oxygen atoms in total. The minimum atomic E-state index is -1.07. The van der Waals surface area contributed by atoms with Crippen LogP contribution in [0.2, 0.25) is 5.02 Å². The Hall–Kier alpha value is -0.740. The molecule has 5 heteroatoms. The van der Waals surface area contributed by atoms with Crippen LogP contribution in [0.25, 0.3) is 0 Å². The molecule has 0 amide bonds. The predicted molar refractivity (Wildman–Crippen MR) is 50.5 cm³/mol. The van der Waals surface area contributed by atoms with E-state index in [0.717, 1.165) is 0 Å². The fourth-order valence-electron chi connectivity index (χ4n) is 0.726. The van der Waals surface area contributed by atoms with Crippen molar-refractivity contribution in [3.8, 4) is 0 Å². The molecule has 0 aliphatic rings. The third-order valence-electron chi connectivity index (χ3n) is 1.32. The molecule has 0 unspecified atom stereocenters. The number of aromatic carboxylic acids is 1. The van der Waals surface area contributed by atoms with E-state index >= 15 is 0 Å². The molecule has 0 saturated heterocycles. The second kappa shape index (κ2) is 3.33. The van der Waals surface area contributed by atoms with Crippen LogP contribution in [-0.2, 0) is 0 Å². The number of anilines is 1. The van der Waals surface area contributed by atoms with Crippen molar-refractivity contribution in [2.24, 2.45) is 0 Å². The number of hydrogen-bond acceptors (Lipinski definition) is 2. The molecule has 64 valence electrons. The van der Waals surface area contributed by atoms with Crippen molar-refractivity contribution in [2.45, 2.75) is 0 Å². The number of benzene rings is 1. The van der Waals surface area contributed by atoms with Gasteiger partial charge in [0, 0.05) is 10.2 Å². The van der Waals surface area contributed by atoms with Crippen LogP contribution in [0.1, 0.15) is 10.4 Å². The molecule has 0 spiro atoms. The standard InChI is InChI=1S/C7H5BrClNO2/c8-4-1-3(7(11)12)5(9)2-6(4)10/h1-2H,10H2,(H,11,12). The molecule has 1 aromatic carbocycles. The van der Waals surface area contributed by atoms with E-state index in [9.17, 15) is 4.79 Å². The van der Waals surface area contributed by atoms with Crippen LogP contribution in [0.4, 0.5) is 5.69 Å². The summed E-state index contributed by atoms with van der Waals surface area (Å²) in [4.78, 5) is 10.5. The smallest absolute Gasteiger partial charge is 0.337 e. The lowest BCUT2D eigenvalue weighted by Gasteiger charge is -2.02. The fraction of sp³-hybridized carbons (Fsp3) is 0. The van der Waals surface area contributed by atoms with E-state index in [-0.39, 0.29) is 10.6 Å². The van der Waals surface area contributed by atoms with Crippen LogP contribution < -0.4 is 5.73 Å². The number of carboxylic acids is 1. The summed E-state index contributed by atoms with van der Waals surface area (Å²) in [5.41, 5.74) is 5.93. The molecule has 0 aromatic heterocycles. The van der Waals surface area contributed by atoms with Crippen molar-refractivity contribution in [3.63, 3.8) is 0 Å². The van der Waals surface area contributed by atoms with Gasteiger partial charge in [-0.15, -0.1) is 0 Å². The summed E-state index contributed by atoms with van der Waals surface area (Å²) in [5.74, 6) is -1.07. The summed E-state index contributed by atoms with van der Waals surface area (Å²) in [5, 5.41) is 8.78. The molecule has 1 rings (SSSR count). The van der Waals surface area contributed by atoms with Crippen molar-refractivity contribution in [1.29, 1.82) is 0 Å². The molecule has 3 N–H and O–H groups in total. The zero-order valence-electron chi connectivity index (χ0n) is 5.84. The Morgan fingerprint density at radius 2 is 2.17 bits per heavy atom. The van der Waals surface area contributed by atoms with Crippen LogP contribution >= 0.6 is 27.5 Å². The van der Waals surface area contributed by atoms with Crippen LogP contribution in [0.5, 0.6) is 0 Å². The summed E-state index contributed by atoms with van der Waals surface area (Å²) >= 11 is 8.72. The Balaban J connectivity index is 3.33. The van der Waals surface area contributed by atoms with E-state index in [1.807, 2.05) is 0 Å². The van der Waals surface area contributed by atoms with Gasteiger partial charge < -0.3 is 10.8 Å².